The maximum absolute atomic E-state index is 11.2. The molecule has 7 heteroatoms. The first kappa shape index (κ1) is 13.3. The Labute approximate surface area is 110 Å². The number of nitrogens with zero attached hydrogens (tertiary/aromatic N) is 3. The van der Waals surface area contributed by atoms with Gasteiger partial charge in [-0.1, -0.05) is 0 Å². The van der Waals surface area contributed by atoms with Gasteiger partial charge < -0.3 is 20.1 Å². The van der Waals surface area contributed by atoms with Crippen LogP contribution in [-0.4, -0.2) is 34.1 Å². The van der Waals surface area contributed by atoms with Gasteiger partial charge in [0.05, 0.1) is 17.3 Å². The molecule has 0 aliphatic heterocycles. The molecular weight excluding hydrogens is 250 g/mol. The maximum atomic E-state index is 11.2. The molecule has 2 rings (SSSR count). The number of pyridine rings is 1. The van der Waals surface area contributed by atoms with E-state index >= 15 is 0 Å². The second kappa shape index (κ2) is 5.21. The number of aromatic carboxylic acids is 1. The van der Waals surface area contributed by atoms with Crippen molar-refractivity contribution in [1.82, 2.24) is 4.98 Å². The number of nitro groups is 1. The van der Waals surface area contributed by atoms with Gasteiger partial charge in [-0.15, -0.1) is 0 Å². The Kier molecular flexibility index (Phi) is 3.64. The molecule has 0 atom stereocenters. The zero-order valence-electron chi connectivity index (χ0n) is 10.6. The number of anilines is 1. The molecule has 1 aromatic rings. The van der Waals surface area contributed by atoms with Crippen molar-refractivity contribution in [3.8, 4) is 0 Å². The summed E-state index contributed by atoms with van der Waals surface area (Å²) < 4.78 is 0. The Morgan fingerprint density at radius 2 is 2.32 bits per heavy atom. The minimum absolute atomic E-state index is 0.0656. The molecule has 1 fully saturated rings. The number of aromatic nitrogens is 1. The van der Waals surface area contributed by atoms with Gasteiger partial charge in [-0.05, 0) is 35.6 Å². The van der Waals surface area contributed by atoms with Crippen molar-refractivity contribution in [2.24, 2.45) is 5.92 Å². The van der Waals surface area contributed by atoms with Crippen LogP contribution in [0.1, 0.15) is 30.1 Å². The molecule has 0 radical (unpaired) electrons. The van der Waals surface area contributed by atoms with Gasteiger partial charge in [-0.2, -0.15) is 0 Å². The summed E-state index contributed by atoms with van der Waals surface area (Å²) in [5.41, 5.74) is 0.386. The molecule has 1 aliphatic carbocycles. The molecule has 1 heterocycles. The van der Waals surface area contributed by atoms with Gasteiger partial charge in [-0.25, -0.2) is 4.79 Å². The van der Waals surface area contributed by atoms with Crippen LogP contribution < -0.4 is 4.90 Å². The van der Waals surface area contributed by atoms with Crippen LogP contribution >= 0.6 is 0 Å². The molecule has 1 aromatic heterocycles. The van der Waals surface area contributed by atoms with E-state index in [1.54, 1.807) is 0 Å². The van der Waals surface area contributed by atoms with Gasteiger partial charge in [-0.3, -0.25) is 0 Å². The summed E-state index contributed by atoms with van der Waals surface area (Å²) in [6.45, 7) is 3.35. The molecule has 0 amide bonds. The van der Waals surface area contributed by atoms with Crippen molar-refractivity contribution in [3.63, 3.8) is 0 Å². The van der Waals surface area contributed by atoms with Crippen molar-refractivity contribution < 1.29 is 14.8 Å². The van der Waals surface area contributed by atoms with Crippen molar-refractivity contribution in [2.75, 3.05) is 18.0 Å². The van der Waals surface area contributed by atoms with Crippen LogP contribution in [0, 0.1) is 16.0 Å². The Balaban J connectivity index is 2.36. The van der Waals surface area contributed by atoms with Crippen LogP contribution in [0.15, 0.2) is 12.3 Å². The number of hydrogen-bond donors (Lipinski definition) is 1. The Bertz CT molecular complexity index is 514. The average Bonchev–Trinajstić information content (AvgIpc) is 3.19. The maximum Gasteiger partial charge on any atom is 0.364 e. The highest BCUT2D eigenvalue weighted by molar-refractivity contribution is 5.94. The topological polar surface area (TPSA) is 96.6 Å². The minimum Gasteiger partial charge on any atom is -0.478 e. The van der Waals surface area contributed by atoms with Crippen molar-refractivity contribution in [3.05, 3.63) is 27.9 Å². The third kappa shape index (κ3) is 2.98. The zero-order valence-corrected chi connectivity index (χ0v) is 10.6. The van der Waals surface area contributed by atoms with Gasteiger partial charge in [0, 0.05) is 13.1 Å². The van der Waals surface area contributed by atoms with Gasteiger partial charge in [0.25, 0.3) is 0 Å². The lowest BCUT2D eigenvalue weighted by Crippen LogP contribution is -2.27. The summed E-state index contributed by atoms with van der Waals surface area (Å²) in [4.78, 5) is 26.8. The number of carboxylic acid groups (broad SMARTS) is 1. The lowest BCUT2D eigenvalue weighted by molar-refractivity contribution is -0.389. The fourth-order valence-corrected chi connectivity index (χ4v) is 1.97. The van der Waals surface area contributed by atoms with Crippen molar-refractivity contribution in [1.29, 1.82) is 0 Å². The molecule has 1 aliphatic rings. The highest BCUT2D eigenvalue weighted by Gasteiger charge is 2.27. The highest BCUT2D eigenvalue weighted by Crippen LogP contribution is 2.32. The first-order chi connectivity index (χ1) is 9.02. The molecule has 102 valence electrons. The summed E-state index contributed by atoms with van der Waals surface area (Å²) in [5.74, 6) is -1.02. The van der Waals surface area contributed by atoms with Crippen LogP contribution in [0.4, 0.5) is 11.5 Å². The van der Waals surface area contributed by atoms with Crippen LogP contribution in [0.2, 0.25) is 0 Å². The fraction of sp³-hybridized carbons (Fsp3) is 0.500. The van der Waals surface area contributed by atoms with Crippen molar-refractivity contribution >= 4 is 17.5 Å². The van der Waals surface area contributed by atoms with Crippen LogP contribution in [-0.2, 0) is 0 Å². The minimum atomic E-state index is -1.17. The van der Waals surface area contributed by atoms with Crippen LogP contribution in [0.25, 0.3) is 0 Å². The van der Waals surface area contributed by atoms with E-state index in [2.05, 4.69) is 4.98 Å². The molecule has 1 N–H and O–H groups in total. The molecule has 7 nitrogen and oxygen atoms in total. The van der Waals surface area contributed by atoms with E-state index in [0.29, 0.717) is 18.2 Å². The number of rotatable bonds is 6. The number of carbonyl (C=O) groups is 1. The fourth-order valence-electron chi connectivity index (χ4n) is 1.97. The van der Waals surface area contributed by atoms with Crippen LogP contribution in [0.3, 0.4) is 0 Å². The van der Waals surface area contributed by atoms with E-state index in [9.17, 15) is 20.0 Å². The Morgan fingerprint density at radius 1 is 1.63 bits per heavy atom. The van der Waals surface area contributed by atoms with Gasteiger partial charge in [0.15, 0.2) is 6.20 Å². The SMILES string of the molecule is CCN(CC1CC1)c1cnc([N+](=O)[O-])cc1C(=O)O. The van der Waals surface area contributed by atoms with Gasteiger partial charge >= 0.3 is 11.8 Å². The molecule has 1 saturated carbocycles. The second-order valence-corrected chi connectivity index (χ2v) is 4.60. The predicted molar refractivity (Wildman–Crippen MR) is 68.5 cm³/mol. The van der Waals surface area contributed by atoms with E-state index in [4.69, 9.17) is 0 Å². The Morgan fingerprint density at radius 3 is 2.79 bits per heavy atom. The van der Waals surface area contributed by atoms with E-state index in [-0.39, 0.29) is 5.56 Å². The lowest BCUT2D eigenvalue weighted by Gasteiger charge is -2.23. The van der Waals surface area contributed by atoms with Crippen LogP contribution in [0.5, 0.6) is 0 Å². The standard InChI is InChI=1S/C12H15N3O4/c1-2-14(7-8-3-4-8)10-6-13-11(15(18)19)5-9(10)12(16)17/h5-6,8H,2-4,7H2,1H3,(H,16,17). The molecule has 19 heavy (non-hydrogen) atoms. The molecular formula is C12H15N3O4. The smallest absolute Gasteiger partial charge is 0.364 e. The summed E-state index contributed by atoms with van der Waals surface area (Å²) in [7, 11) is 0. The van der Waals surface area contributed by atoms with E-state index in [0.717, 1.165) is 25.5 Å². The van der Waals surface area contributed by atoms with E-state index in [1.165, 1.54) is 6.20 Å². The quantitative estimate of drug-likeness (QED) is 0.623. The highest BCUT2D eigenvalue weighted by atomic mass is 16.6. The summed E-state index contributed by atoms with van der Waals surface area (Å²) >= 11 is 0. The molecule has 0 spiro atoms. The molecule has 0 bridgehead atoms. The first-order valence-electron chi connectivity index (χ1n) is 6.15. The van der Waals surface area contributed by atoms with E-state index < -0.39 is 16.7 Å². The third-order valence-corrected chi connectivity index (χ3v) is 3.18. The van der Waals surface area contributed by atoms with Gasteiger partial charge in [0.1, 0.15) is 0 Å². The molecule has 0 unspecified atom stereocenters. The zero-order chi connectivity index (χ0) is 14.0. The summed E-state index contributed by atoms with van der Waals surface area (Å²) in [6.07, 6.45) is 3.59. The second-order valence-electron chi connectivity index (χ2n) is 4.60. The molecule has 0 aromatic carbocycles. The lowest BCUT2D eigenvalue weighted by atomic mass is 10.2. The van der Waals surface area contributed by atoms with Gasteiger partial charge in [0.2, 0.25) is 0 Å². The largest absolute Gasteiger partial charge is 0.478 e. The molecule has 0 saturated heterocycles. The first-order valence-corrected chi connectivity index (χ1v) is 6.15. The average molecular weight is 265 g/mol. The van der Waals surface area contributed by atoms with Crippen molar-refractivity contribution in [2.45, 2.75) is 19.8 Å². The Hall–Kier alpha value is -2.18. The number of hydrogen-bond acceptors (Lipinski definition) is 5. The van der Waals surface area contributed by atoms with E-state index in [1.807, 2.05) is 11.8 Å². The monoisotopic (exact) mass is 265 g/mol. The third-order valence-electron chi connectivity index (χ3n) is 3.18. The summed E-state index contributed by atoms with van der Waals surface area (Å²) in [5, 5.41) is 19.8. The normalized spacial score (nSPS) is 14.2. The summed E-state index contributed by atoms with van der Waals surface area (Å²) in [6, 6.07) is 1.02. The predicted octanol–water partition coefficient (Wildman–Crippen LogP) is 1.92. The number of carboxylic acids is 1.